The van der Waals surface area contributed by atoms with Crippen LogP contribution in [0.1, 0.15) is 15.9 Å². The van der Waals surface area contributed by atoms with E-state index in [1.54, 1.807) is 30.3 Å². The SMILES string of the molecule is Cc1cccc(C(=O)Nc2noc3cccc(Cl)c23)c1. The van der Waals surface area contributed by atoms with Gasteiger partial charge in [0.05, 0.1) is 10.4 Å². The molecule has 3 rings (SSSR count). The van der Waals surface area contributed by atoms with Crippen molar-refractivity contribution in [2.24, 2.45) is 0 Å². The second-order valence-corrected chi connectivity index (χ2v) is 4.87. The van der Waals surface area contributed by atoms with Crippen LogP contribution in [0.5, 0.6) is 0 Å². The Hall–Kier alpha value is -2.33. The fourth-order valence-electron chi connectivity index (χ4n) is 2.00. The number of fused-ring (bicyclic) bond motifs is 1. The van der Waals surface area contributed by atoms with Gasteiger partial charge >= 0.3 is 0 Å². The maximum absolute atomic E-state index is 12.2. The normalized spacial score (nSPS) is 10.7. The topological polar surface area (TPSA) is 55.1 Å². The minimum atomic E-state index is -0.246. The number of nitrogens with zero attached hydrogens (tertiary/aromatic N) is 1. The summed E-state index contributed by atoms with van der Waals surface area (Å²) >= 11 is 6.11. The van der Waals surface area contributed by atoms with E-state index in [0.717, 1.165) is 5.56 Å². The van der Waals surface area contributed by atoms with Crippen LogP contribution in [-0.2, 0) is 0 Å². The van der Waals surface area contributed by atoms with Crippen LogP contribution in [-0.4, -0.2) is 11.1 Å². The van der Waals surface area contributed by atoms with E-state index in [9.17, 15) is 4.79 Å². The molecule has 1 heterocycles. The summed E-state index contributed by atoms with van der Waals surface area (Å²) in [6.07, 6.45) is 0. The Morgan fingerprint density at radius 2 is 2.05 bits per heavy atom. The first-order valence-electron chi connectivity index (χ1n) is 6.07. The predicted octanol–water partition coefficient (Wildman–Crippen LogP) is 4.04. The van der Waals surface area contributed by atoms with Crippen molar-refractivity contribution in [3.05, 3.63) is 58.6 Å². The average Bonchev–Trinajstić information content (AvgIpc) is 2.83. The molecular formula is C15H11ClN2O2. The average molecular weight is 287 g/mol. The van der Waals surface area contributed by atoms with Crippen molar-refractivity contribution < 1.29 is 9.32 Å². The Morgan fingerprint density at radius 3 is 2.85 bits per heavy atom. The molecule has 0 saturated heterocycles. The van der Waals surface area contributed by atoms with E-state index in [0.29, 0.717) is 27.4 Å². The van der Waals surface area contributed by atoms with Gasteiger partial charge in [-0.1, -0.05) is 40.5 Å². The van der Waals surface area contributed by atoms with Crippen LogP contribution >= 0.6 is 11.6 Å². The van der Waals surface area contributed by atoms with Gasteiger partial charge in [0.25, 0.3) is 5.91 Å². The van der Waals surface area contributed by atoms with Gasteiger partial charge in [-0.15, -0.1) is 0 Å². The van der Waals surface area contributed by atoms with Gasteiger partial charge in [-0.05, 0) is 31.2 Å². The van der Waals surface area contributed by atoms with E-state index in [1.165, 1.54) is 0 Å². The molecular weight excluding hydrogens is 276 g/mol. The zero-order valence-corrected chi connectivity index (χ0v) is 11.4. The molecule has 2 aromatic carbocycles. The molecule has 0 unspecified atom stereocenters. The molecule has 0 fully saturated rings. The molecule has 0 bridgehead atoms. The molecule has 0 aliphatic rings. The van der Waals surface area contributed by atoms with Crippen molar-refractivity contribution in [1.82, 2.24) is 5.16 Å². The molecule has 1 amide bonds. The van der Waals surface area contributed by atoms with Gasteiger partial charge in [0.2, 0.25) is 0 Å². The molecule has 1 aromatic heterocycles. The largest absolute Gasteiger partial charge is 0.354 e. The lowest BCUT2D eigenvalue weighted by atomic mass is 10.1. The van der Waals surface area contributed by atoms with Crippen LogP contribution in [0.2, 0.25) is 5.02 Å². The van der Waals surface area contributed by atoms with Gasteiger partial charge in [0.15, 0.2) is 11.4 Å². The molecule has 0 aliphatic heterocycles. The summed E-state index contributed by atoms with van der Waals surface area (Å²) < 4.78 is 5.14. The third-order valence-corrected chi connectivity index (χ3v) is 3.27. The van der Waals surface area contributed by atoms with Crippen LogP contribution in [0.3, 0.4) is 0 Å². The number of carbonyl (C=O) groups excluding carboxylic acids is 1. The number of anilines is 1. The molecule has 0 saturated carbocycles. The van der Waals surface area contributed by atoms with E-state index >= 15 is 0 Å². The van der Waals surface area contributed by atoms with Crippen LogP contribution in [0.4, 0.5) is 5.82 Å². The number of halogens is 1. The lowest BCUT2D eigenvalue weighted by Gasteiger charge is -2.03. The van der Waals surface area contributed by atoms with Crippen molar-refractivity contribution in [3.63, 3.8) is 0 Å². The highest BCUT2D eigenvalue weighted by Crippen LogP contribution is 2.30. The highest BCUT2D eigenvalue weighted by molar-refractivity contribution is 6.36. The summed E-state index contributed by atoms with van der Waals surface area (Å²) in [5.41, 5.74) is 2.12. The zero-order valence-electron chi connectivity index (χ0n) is 10.7. The highest BCUT2D eigenvalue weighted by Gasteiger charge is 2.15. The number of nitrogens with one attached hydrogen (secondary N) is 1. The lowest BCUT2D eigenvalue weighted by Crippen LogP contribution is -2.12. The van der Waals surface area contributed by atoms with E-state index < -0.39 is 0 Å². The first-order valence-corrected chi connectivity index (χ1v) is 6.45. The highest BCUT2D eigenvalue weighted by atomic mass is 35.5. The molecule has 0 aliphatic carbocycles. The van der Waals surface area contributed by atoms with E-state index in [4.69, 9.17) is 16.1 Å². The Bertz CT molecular complexity index is 795. The van der Waals surface area contributed by atoms with E-state index in [1.807, 2.05) is 19.1 Å². The Labute approximate surface area is 120 Å². The minimum Gasteiger partial charge on any atom is -0.354 e. The van der Waals surface area contributed by atoms with Crippen LogP contribution in [0.25, 0.3) is 11.0 Å². The molecule has 0 radical (unpaired) electrons. The van der Waals surface area contributed by atoms with Crippen molar-refractivity contribution in [3.8, 4) is 0 Å². The molecule has 5 heteroatoms. The monoisotopic (exact) mass is 286 g/mol. The second kappa shape index (κ2) is 4.98. The second-order valence-electron chi connectivity index (χ2n) is 4.47. The fourth-order valence-corrected chi connectivity index (χ4v) is 2.26. The molecule has 0 spiro atoms. The van der Waals surface area contributed by atoms with Gasteiger partial charge < -0.3 is 9.84 Å². The number of carbonyl (C=O) groups is 1. The number of hydrogen-bond acceptors (Lipinski definition) is 3. The Morgan fingerprint density at radius 1 is 1.25 bits per heavy atom. The first-order chi connectivity index (χ1) is 9.65. The maximum Gasteiger partial charge on any atom is 0.256 e. The van der Waals surface area contributed by atoms with Crippen LogP contribution < -0.4 is 5.32 Å². The fraction of sp³-hybridized carbons (Fsp3) is 0.0667. The summed E-state index contributed by atoms with van der Waals surface area (Å²) in [5.74, 6) is 0.0842. The lowest BCUT2D eigenvalue weighted by molar-refractivity contribution is 0.102. The molecule has 20 heavy (non-hydrogen) atoms. The van der Waals surface area contributed by atoms with Crippen molar-refractivity contribution in [1.29, 1.82) is 0 Å². The summed E-state index contributed by atoms with van der Waals surface area (Å²) in [5, 5.41) is 7.67. The van der Waals surface area contributed by atoms with Crippen LogP contribution in [0.15, 0.2) is 47.0 Å². The van der Waals surface area contributed by atoms with Gasteiger partial charge in [0, 0.05) is 5.56 Å². The van der Waals surface area contributed by atoms with E-state index in [-0.39, 0.29) is 5.91 Å². The van der Waals surface area contributed by atoms with Gasteiger partial charge in [-0.25, -0.2) is 0 Å². The van der Waals surface area contributed by atoms with Crippen molar-refractivity contribution >= 4 is 34.3 Å². The summed E-state index contributed by atoms with van der Waals surface area (Å²) in [4.78, 5) is 12.2. The van der Waals surface area contributed by atoms with Crippen LogP contribution in [0, 0.1) is 6.92 Å². The Balaban J connectivity index is 1.96. The number of hydrogen-bond donors (Lipinski definition) is 1. The smallest absolute Gasteiger partial charge is 0.256 e. The quantitative estimate of drug-likeness (QED) is 0.773. The first kappa shape index (κ1) is 12.7. The van der Waals surface area contributed by atoms with Crippen molar-refractivity contribution in [2.45, 2.75) is 6.92 Å². The molecule has 0 atom stereocenters. The molecule has 4 nitrogen and oxygen atoms in total. The number of rotatable bonds is 2. The summed E-state index contributed by atoms with van der Waals surface area (Å²) in [6.45, 7) is 1.93. The third-order valence-electron chi connectivity index (χ3n) is 2.96. The standard InChI is InChI=1S/C15H11ClN2O2/c1-9-4-2-5-10(8-9)15(19)17-14-13-11(16)6-3-7-12(13)20-18-14/h2-8H,1H3,(H,17,18,19). The minimum absolute atomic E-state index is 0.246. The maximum atomic E-state index is 12.2. The molecule has 100 valence electrons. The number of benzene rings is 2. The molecule has 1 N–H and O–H groups in total. The third kappa shape index (κ3) is 2.26. The number of aryl methyl sites for hydroxylation is 1. The summed E-state index contributed by atoms with van der Waals surface area (Å²) in [7, 11) is 0. The summed E-state index contributed by atoms with van der Waals surface area (Å²) in [6, 6.07) is 12.5. The Kier molecular flexibility index (Phi) is 3.16. The zero-order chi connectivity index (χ0) is 14.1. The predicted molar refractivity (Wildman–Crippen MR) is 78.2 cm³/mol. The van der Waals surface area contributed by atoms with Gasteiger partial charge in [0.1, 0.15) is 0 Å². The molecule has 3 aromatic rings. The van der Waals surface area contributed by atoms with Crippen molar-refractivity contribution in [2.75, 3.05) is 5.32 Å². The van der Waals surface area contributed by atoms with Gasteiger partial charge in [-0.2, -0.15) is 0 Å². The number of aromatic nitrogens is 1. The van der Waals surface area contributed by atoms with Gasteiger partial charge in [-0.3, -0.25) is 4.79 Å². The number of amides is 1. The van der Waals surface area contributed by atoms with E-state index in [2.05, 4.69) is 10.5 Å².